The molecule has 1 aromatic carbocycles. The minimum absolute atomic E-state index is 0.0333. The van der Waals surface area contributed by atoms with Gasteiger partial charge in [0.2, 0.25) is 5.91 Å². The molecule has 0 aromatic heterocycles. The first kappa shape index (κ1) is 23.7. The van der Waals surface area contributed by atoms with E-state index in [0.717, 1.165) is 12.0 Å². The number of carboxylic acids is 1. The Hall–Kier alpha value is -3.60. The number of alkyl carbamates (subject to hydrolysis) is 1. The van der Waals surface area contributed by atoms with Gasteiger partial charge in [0.1, 0.15) is 18.0 Å². The number of hydroxylamine groups is 1. The first-order chi connectivity index (χ1) is 14.8. The van der Waals surface area contributed by atoms with Gasteiger partial charge in [0.05, 0.1) is 18.7 Å². The maximum Gasteiger partial charge on any atom is 0.407 e. The third kappa shape index (κ3) is 7.63. The number of amidine groups is 1. The zero-order chi connectivity index (χ0) is 22.8. The summed E-state index contributed by atoms with van der Waals surface area (Å²) in [5.41, 5.74) is 10.2. The zero-order valence-corrected chi connectivity index (χ0v) is 17.1. The second-order valence-electron chi connectivity index (χ2n) is 6.86. The number of carbonyl (C=O) groups excluding carboxylic acids is 2. The summed E-state index contributed by atoms with van der Waals surface area (Å²) in [6.45, 7) is 1.84. The van der Waals surface area contributed by atoms with Crippen molar-refractivity contribution in [2.75, 3.05) is 13.2 Å². The van der Waals surface area contributed by atoms with Crippen molar-refractivity contribution in [1.29, 1.82) is 5.41 Å². The van der Waals surface area contributed by atoms with Crippen molar-refractivity contribution in [1.82, 2.24) is 16.1 Å². The zero-order valence-electron chi connectivity index (χ0n) is 17.1. The molecule has 0 bridgehead atoms. The molecule has 2 rings (SSSR count). The molecule has 0 aliphatic carbocycles. The van der Waals surface area contributed by atoms with Gasteiger partial charge in [0.15, 0.2) is 0 Å². The molecule has 0 saturated heterocycles. The van der Waals surface area contributed by atoms with Crippen molar-refractivity contribution >= 4 is 29.5 Å². The number of hydrogen-bond donors (Lipinski definition) is 6. The van der Waals surface area contributed by atoms with E-state index in [4.69, 9.17) is 20.7 Å². The average molecular weight is 433 g/mol. The molecule has 7 N–H and O–H groups in total. The van der Waals surface area contributed by atoms with Crippen molar-refractivity contribution in [2.45, 2.75) is 38.3 Å². The van der Waals surface area contributed by atoms with E-state index in [0.29, 0.717) is 17.7 Å². The summed E-state index contributed by atoms with van der Waals surface area (Å²) in [6, 6.07) is 5.62. The molecule has 0 radical (unpaired) electrons. The molecule has 2 amide bonds. The molecule has 11 heteroatoms. The van der Waals surface area contributed by atoms with E-state index in [1.54, 1.807) is 30.3 Å². The van der Waals surface area contributed by atoms with Crippen LogP contribution in [0.15, 0.2) is 30.3 Å². The molecular weight excluding hydrogens is 406 g/mol. The van der Waals surface area contributed by atoms with E-state index in [1.165, 1.54) is 0 Å². The Kier molecular flexibility index (Phi) is 8.82. The molecule has 11 nitrogen and oxygen atoms in total. The summed E-state index contributed by atoms with van der Waals surface area (Å²) in [4.78, 5) is 40.5. The Balaban J connectivity index is 1.82. The standard InChI is InChI=1S/C20H27N5O6/c1-2-3-8-30-20(29)24-16(19(27)28)11-23-17(26)10-14-9-15(25-31-14)12-4-6-13(7-5-12)18(21)22/h4-7,9,14,16,25H,2-3,8,10-11H2,1H3,(H3,21,22)(H,23,26)(H,24,29)(H,27,28)/t14-,16+/m1/s1. The smallest absolute Gasteiger partial charge is 0.407 e. The number of carbonyl (C=O) groups is 3. The average Bonchev–Trinajstić information content (AvgIpc) is 3.19. The van der Waals surface area contributed by atoms with Crippen LogP contribution in [0.4, 0.5) is 4.79 Å². The lowest BCUT2D eigenvalue weighted by molar-refractivity contribution is -0.139. The summed E-state index contributed by atoms with van der Waals surface area (Å²) in [6.07, 6.45) is 1.78. The number of amides is 2. The number of unbranched alkanes of at least 4 members (excludes halogenated alkanes) is 1. The number of hydrogen-bond acceptors (Lipinski definition) is 7. The number of ether oxygens (including phenoxy) is 1. The fourth-order valence-corrected chi connectivity index (χ4v) is 2.64. The van der Waals surface area contributed by atoms with E-state index in [-0.39, 0.29) is 25.4 Å². The van der Waals surface area contributed by atoms with Crippen LogP contribution in [-0.4, -0.2) is 54.2 Å². The molecule has 0 saturated carbocycles. The quantitative estimate of drug-likeness (QED) is 0.168. The van der Waals surface area contributed by atoms with Gasteiger partial charge < -0.3 is 26.2 Å². The van der Waals surface area contributed by atoms with E-state index >= 15 is 0 Å². The number of aliphatic carboxylic acids is 1. The summed E-state index contributed by atoms with van der Waals surface area (Å²) in [5.74, 6) is -1.76. The number of nitrogens with two attached hydrogens (primary N) is 1. The maximum absolute atomic E-state index is 12.2. The largest absolute Gasteiger partial charge is 0.480 e. The molecule has 2 atom stereocenters. The lowest BCUT2D eigenvalue weighted by atomic mass is 10.1. The van der Waals surface area contributed by atoms with Gasteiger partial charge in [-0.1, -0.05) is 37.6 Å². The Morgan fingerprint density at radius 1 is 1.32 bits per heavy atom. The lowest BCUT2D eigenvalue weighted by Crippen LogP contribution is -2.48. The Labute approximate surface area is 179 Å². The molecule has 1 aliphatic heterocycles. The Morgan fingerprint density at radius 3 is 2.65 bits per heavy atom. The van der Waals surface area contributed by atoms with Crippen LogP contribution in [0.5, 0.6) is 0 Å². The highest BCUT2D eigenvalue weighted by Crippen LogP contribution is 2.20. The number of nitrogens with one attached hydrogen (secondary N) is 4. The van der Waals surface area contributed by atoms with E-state index < -0.39 is 30.1 Å². The molecule has 1 aliphatic rings. The van der Waals surface area contributed by atoms with Gasteiger partial charge in [0, 0.05) is 12.1 Å². The summed E-state index contributed by atoms with van der Waals surface area (Å²) >= 11 is 0. The number of nitrogen functional groups attached to an aromatic ring is 1. The number of rotatable bonds is 11. The molecule has 1 aromatic rings. The fourth-order valence-electron chi connectivity index (χ4n) is 2.64. The van der Waals surface area contributed by atoms with Gasteiger partial charge >= 0.3 is 12.1 Å². The molecule has 168 valence electrons. The molecule has 1 heterocycles. The van der Waals surface area contributed by atoms with Crippen LogP contribution >= 0.6 is 0 Å². The van der Waals surface area contributed by atoms with Crippen LogP contribution in [0.3, 0.4) is 0 Å². The summed E-state index contributed by atoms with van der Waals surface area (Å²) < 4.78 is 4.87. The SMILES string of the molecule is CCCCOC(=O)N[C@@H](CNC(=O)C[C@H]1C=C(c2ccc(C(=N)N)cc2)NO1)C(=O)O. The Bertz CT molecular complexity index is 839. The number of benzene rings is 1. The van der Waals surface area contributed by atoms with Gasteiger partial charge in [-0.25, -0.2) is 9.59 Å². The highest BCUT2D eigenvalue weighted by molar-refractivity contribution is 5.95. The third-order valence-corrected chi connectivity index (χ3v) is 4.39. The lowest BCUT2D eigenvalue weighted by Gasteiger charge is -2.16. The molecule has 0 unspecified atom stereocenters. The maximum atomic E-state index is 12.2. The van der Waals surface area contributed by atoms with Crippen LogP contribution in [0.2, 0.25) is 0 Å². The second kappa shape index (κ2) is 11.6. The van der Waals surface area contributed by atoms with Crippen LogP contribution in [0.25, 0.3) is 5.70 Å². The minimum Gasteiger partial charge on any atom is -0.480 e. The van der Waals surface area contributed by atoms with Crippen LogP contribution in [0.1, 0.15) is 37.3 Å². The summed E-state index contributed by atoms with van der Waals surface area (Å²) in [5, 5.41) is 21.3. The Morgan fingerprint density at radius 2 is 2.03 bits per heavy atom. The second-order valence-corrected chi connectivity index (χ2v) is 6.86. The highest BCUT2D eigenvalue weighted by atomic mass is 16.7. The summed E-state index contributed by atoms with van der Waals surface area (Å²) in [7, 11) is 0. The molecule has 0 fully saturated rings. The van der Waals surface area contributed by atoms with E-state index in [1.807, 2.05) is 6.92 Å². The van der Waals surface area contributed by atoms with Gasteiger partial charge in [-0.15, -0.1) is 0 Å². The normalized spacial score (nSPS) is 15.9. The van der Waals surface area contributed by atoms with Crippen molar-refractivity contribution < 1.29 is 29.1 Å². The first-order valence-corrected chi connectivity index (χ1v) is 9.81. The minimum atomic E-state index is -1.31. The van der Waals surface area contributed by atoms with Crippen LogP contribution in [-0.2, 0) is 19.2 Å². The van der Waals surface area contributed by atoms with Crippen molar-refractivity contribution in [3.05, 3.63) is 41.5 Å². The number of carboxylic acid groups (broad SMARTS) is 1. The fraction of sp³-hybridized carbons (Fsp3) is 0.400. The third-order valence-electron chi connectivity index (χ3n) is 4.39. The van der Waals surface area contributed by atoms with E-state index in [2.05, 4.69) is 16.1 Å². The van der Waals surface area contributed by atoms with Crippen LogP contribution < -0.4 is 21.8 Å². The van der Waals surface area contributed by atoms with Crippen molar-refractivity contribution in [3.63, 3.8) is 0 Å². The molecular formula is C20H27N5O6. The molecule has 31 heavy (non-hydrogen) atoms. The van der Waals surface area contributed by atoms with Gasteiger partial charge in [-0.3, -0.25) is 20.5 Å². The predicted octanol–water partition coefficient (Wildman–Crippen LogP) is 0.701. The molecule has 0 spiro atoms. The topological polar surface area (TPSA) is 176 Å². The van der Waals surface area contributed by atoms with Gasteiger partial charge in [-0.2, -0.15) is 0 Å². The van der Waals surface area contributed by atoms with Crippen molar-refractivity contribution in [3.8, 4) is 0 Å². The van der Waals surface area contributed by atoms with E-state index in [9.17, 15) is 19.5 Å². The first-order valence-electron chi connectivity index (χ1n) is 9.81. The van der Waals surface area contributed by atoms with Crippen LogP contribution in [0, 0.1) is 5.41 Å². The highest BCUT2D eigenvalue weighted by Gasteiger charge is 2.24. The van der Waals surface area contributed by atoms with Crippen molar-refractivity contribution in [2.24, 2.45) is 5.73 Å². The predicted molar refractivity (Wildman–Crippen MR) is 112 cm³/mol. The van der Waals surface area contributed by atoms with Gasteiger partial charge in [-0.05, 0) is 18.1 Å². The van der Waals surface area contributed by atoms with Gasteiger partial charge in [0.25, 0.3) is 0 Å². The monoisotopic (exact) mass is 433 g/mol.